The number of hydrogen-bond donors (Lipinski definition) is 1. The first-order chi connectivity index (χ1) is 8.88. The van der Waals surface area contributed by atoms with Gasteiger partial charge in [0.1, 0.15) is 0 Å². The second-order valence-corrected chi connectivity index (χ2v) is 4.94. The van der Waals surface area contributed by atoms with Crippen LogP contribution in [0.4, 0.5) is 0 Å². The number of hydrogen-bond acceptors (Lipinski definition) is 2. The fourth-order valence-electron chi connectivity index (χ4n) is 2.87. The molecular formula is C16H18N2. The van der Waals surface area contributed by atoms with Gasteiger partial charge in [0, 0.05) is 17.8 Å². The van der Waals surface area contributed by atoms with E-state index in [0.29, 0.717) is 12.5 Å². The van der Waals surface area contributed by atoms with Crippen LogP contribution in [0.2, 0.25) is 0 Å². The molecule has 1 atom stereocenters. The average molecular weight is 238 g/mol. The highest BCUT2D eigenvalue weighted by Gasteiger charge is 2.19. The molecule has 92 valence electrons. The summed E-state index contributed by atoms with van der Waals surface area (Å²) in [4.78, 5) is 4.54. The zero-order valence-electron chi connectivity index (χ0n) is 10.5. The highest BCUT2D eigenvalue weighted by atomic mass is 14.7. The van der Waals surface area contributed by atoms with Crippen LogP contribution in [0.15, 0.2) is 42.6 Å². The van der Waals surface area contributed by atoms with Crippen LogP contribution in [0.25, 0.3) is 0 Å². The lowest BCUT2D eigenvalue weighted by molar-refractivity contribution is 0.658. The maximum Gasteiger partial charge on any atom is 0.0442 e. The molecule has 0 radical (unpaired) electrons. The third-order valence-electron chi connectivity index (χ3n) is 3.87. The van der Waals surface area contributed by atoms with Gasteiger partial charge in [-0.2, -0.15) is 0 Å². The summed E-state index contributed by atoms with van der Waals surface area (Å²) < 4.78 is 0. The SMILES string of the molecule is NCC1Cc2ccccc2CCc2ncccc21. The minimum absolute atomic E-state index is 0.398. The first kappa shape index (κ1) is 11.4. The minimum Gasteiger partial charge on any atom is -0.330 e. The van der Waals surface area contributed by atoms with E-state index in [4.69, 9.17) is 5.73 Å². The molecule has 0 bridgehead atoms. The number of aromatic nitrogens is 1. The van der Waals surface area contributed by atoms with Gasteiger partial charge in [-0.3, -0.25) is 4.98 Å². The van der Waals surface area contributed by atoms with Gasteiger partial charge in [-0.25, -0.2) is 0 Å². The van der Waals surface area contributed by atoms with E-state index in [-0.39, 0.29) is 0 Å². The lowest BCUT2D eigenvalue weighted by atomic mass is 9.84. The molecule has 0 saturated carbocycles. The number of fused-ring (bicyclic) bond motifs is 2. The van der Waals surface area contributed by atoms with Crippen LogP contribution < -0.4 is 5.73 Å². The lowest BCUT2D eigenvalue weighted by Crippen LogP contribution is -2.20. The largest absolute Gasteiger partial charge is 0.330 e. The Morgan fingerprint density at radius 3 is 2.72 bits per heavy atom. The van der Waals surface area contributed by atoms with Gasteiger partial charge in [-0.15, -0.1) is 0 Å². The van der Waals surface area contributed by atoms with E-state index in [2.05, 4.69) is 35.3 Å². The molecule has 2 N–H and O–H groups in total. The van der Waals surface area contributed by atoms with Crippen molar-refractivity contribution in [3.8, 4) is 0 Å². The Kier molecular flexibility index (Phi) is 3.11. The molecule has 0 spiro atoms. The Morgan fingerprint density at radius 1 is 1.06 bits per heavy atom. The van der Waals surface area contributed by atoms with Gasteiger partial charge in [-0.1, -0.05) is 30.3 Å². The molecule has 1 aliphatic rings. The molecule has 0 aliphatic heterocycles. The number of rotatable bonds is 1. The first-order valence-electron chi connectivity index (χ1n) is 6.59. The molecule has 0 saturated heterocycles. The summed E-state index contributed by atoms with van der Waals surface area (Å²) in [6.07, 6.45) is 5.02. The molecule has 0 amide bonds. The Bertz CT molecular complexity index is 548. The summed E-state index contributed by atoms with van der Waals surface area (Å²) in [7, 11) is 0. The maximum absolute atomic E-state index is 5.97. The van der Waals surface area contributed by atoms with Crippen molar-refractivity contribution in [3.63, 3.8) is 0 Å². The predicted molar refractivity (Wildman–Crippen MR) is 73.6 cm³/mol. The third-order valence-corrected chi connectivity index (χ3v) is 3.87. The van der Waals surface area contributed by atoms with E-state index >= 15 is 0 Å². The highest BCUT2D eigenvalue weighted by Crippen LogP contribution is 2.28. The van der Waals surface area contributed by atoms with Crippen molar-refractivity contribution >= 4 is 0 Å². The van der Waals surface area contributed by atoms with Crippen LogP contribution in [-0.2, 0) is 19.3 Å². The summed E-state index contributed by atoms with van der Waals surface area (Å²) in [5.74, 6) is 0.398. The molecule has 2 aromatic rings. The first-order valence-corrected chi connectivity index (χ1v) is 6.59. The number of nitrogens with two attached hydrogens (primary N) is 1. The van der Waals surface area contributed by atoms with Crippen molar-refractivity contribution in [2.24, 2.45) is 5.73 Å². The van der Waals surface area contributed by atoms with Crippen molar-refractivity contribution in [1.29, 1.82) is 0 Å². The topological polar surface area (TPSA) is 38.9 Å². The van der Waals surface area contributed by atoms with Crippen molar-refractivity contribution in [1.82, 2.24) is 4.98 Å². The van der Waals surface area contributed by atoms with Gasteiger partial charge < -0.3 is 5.73 Å². The van der Waals surface area contributed by atoms with Crippen molar-refractivity contribution in [3.05, 3.63) is 65.0 Å². The molecule has 1 aromatic carbocycles. The predicted octanol–water partition coefficient (Wildman–Crippen LogP) is 2.47. The summed E-state index contributed by atoms with van der Waals surface area (Å²) in [5.41, 5.74) is 11.4. The van der Waals surface area contributed by atoms with Crippen LogP contribution >= 0.6 is 0 Å². The Labute approximate surface area is 108 Å². The molecule has 1 unspecified atom stereocenters. The smallest absolute Gasteiger partial charge is 0.0442 e. The number of aryl methyl sites for hydroxylation is 2. The van der Waals surface area contributed by atoms with Crippen LogP contribution in [0.5, 0.6) is 0 Å². The molecule has 3 rings (SSSR count). The van der Waals surface area contributed by atoms with E-state index in [0.717, 1.165) is 19.3 Å². The fraction of sp³-hybridized carbons (Fsp3) is 0.312. The van der Waals surface area contributed by atoms with E-state index in [1.54, 1.807) is 0 Å². The number of benzene rings is 1. The minimum atomic E-state index is 0.398. The van der Waals surface area contributed by atoms with E-state index < -0.39 is 0 Å². The standard InChI is InChI=1S/C16H18N2/c17-11-14-10-13-5-2-1-4-12(13)7-8-16-15(14)6-3-9-18-16/h1-6,9,14H,7-8,10-11,17H2. The van der Waals surface area contributed by atoms with Gasteiger partial charge in [0.25, 0.3) is 0 Å². The lowest BCUT2D eigenvalue weighted by Gasteiger charge is -2.23. The van der Waals surface area contributed by atoms with Crippen LogP contribution in [0.3, 0.4) is 0 Å². The van der Waals surface area contributed by atoms with E-state index in [1.807, 2.05) is 12.3 Å². The summed E-state index contributed by atoms with van der Waals surface area (Å²) in [6.45, 7) is 0.688. The van der Waals surface area contributed by atoms with Gasteiger partial charge >= 0.3 is 0 Å². The molecule has 1 aromatic heterocycles. The van der Waals surface area contributed by atoms with Crippen LogP contribution in [0.1, 0.15) is 28.3 Å². The van der Waals surface area contributed by atoms with Gasteiger partial charge in [0.05, 0.1) is 0 Å². The molecule has 2 nitrogen and oxygen atoms in total. The molecule has 1 heterocycles. The van der Waals surface area contributed by atoms with E-state index in [9.17, 15) is 0 Å². The zero-order valence-corrected chi connectivity index (χ0v) is 10.5. The molecule has 18 heavy (non-hydrogen) atoms. The van der Waals surface area contributed by atoms with Crippen molar-refractivity contribution in [2.75, 3.05) is 6.54 Å². The second-order valence-electron chi connectivity index (χ2n) is 4.94. The molecular weight excluding hydrogens is 220 g/mol. The fourth-order valence-corrected chi connectivity index (χ4v) is 2.87. The number of pyridine rings is 1. The zero-order chi connectivity index (χ0) is 12.4. The summed E-state index contributed by atoms with van der Waals surface area (Å²) in [6, 6.07) is 12.9. The monoisotopic (exact) mass is 238 g/mol. The average Bonchev–Trinajstić information content (AvgIpc) is 2.41. The van der Waals surface area contributed by atoms with Crippen LogP contribution in [0, 0.1) is 0 Å². The number of nitrogens with zero attached hydrogens (tertiary/aromatic N) is 1. The normalized spacial score (nSPS) is 18.4. The van der Waals surface area contributed by atoms with Gasteiger partial charge in [-0.05, 0) is 48.6 Å². The Morgan fingerprint density at radius 2 is 1.89 bits per heavy atom. The highest BCUT2D eigenvalue weighted by molar-refractivity contribution is 5.35. The van der Waals surface area contributed by atoms with Crippen LogP contribution in [-0.4, -0.2) is 11.5 Å². The van der Waals surface area contributed by atoms with Gasteiger partial charge in [0.15, 0.2) is 0 Å². The molecule has 0 fully saturated rings. The second kappa shape index (κ2) is 4.91. The van der Waals surface area contributed by atoms with Gasteiger partial charge in [0.2, 0.25) is 0 Å². The summed E-state index contributed by atoms with van der Waals surface area (Å²) >= 11 is 0. The Balaban J connectivity index is 2.04. The maximum atomic E-state index is 5.97. The van der Waals surface area contributed by atoms with Crippen molar-refractivity contribution in [2.45, 2.75) is 25.2 Å². The molecule has 2 heteroatoms. The Hall–Kier alpha value is -1.67. The quantitative estimate of drug-likeness (QED) is 0.829. The summed E-state index contributed by atoms with van der Waals surface area (Å²) in [5, 5.41) is 0. The van der Waals surface area contributed by atoms with Crippen molar-refractivity contribution < 1.29 is 0 Å². The van der Waals surface area contributed by atoms with E-state index in [1.165, 1.54) is 22.4 Å². The molecule has 1 aliphatic carbocycles. The third kappa shape index (κ3) is 2.04.